The Morgan fingerprint density at radius 1 is 1.25 bits per heavy atom. The van der Waals surface area contributed by atoms with Crippen molar-refractivity contribution in [3.8, 4) is 0 Å². The first-order chi connectivity index (χ1) is 7.76. The minimum atomic E-state index is -0.697. The number of carbonyl (C=O) groups is 1. The summed E-state index contributed by atoms with van der Waals surface area (Å²) in [5.41, 5.74) is 2.50. The molecule has 3 heteroatoms. The van der Waals surface area contributed by atoms with E-state index in [2.05, 4.69) is 40.7 Å². The molecule has 0 aliphatic carbocycles. The average molecular weight is 220 g/mol. The molecule has 0 aliphatic heterocycles. The number of hydrogen-bond donors (Lipinski definition) is 0. The van der Waals surface area contributed by atoms with Gasteiger partial charge in [0.25, 0.3) is 0 Å². The summed E-state index contributed by atoms with van der Waals surface area (Å²) in [4.78, 5) is 10.6. The van der Waals surface area contributed by atoms with Crippen molar-refractivity contribution in [1.82, 2.24) is 0 Å². The number of aryl methyl sites for hydroxylation is 1. The van der Waals surface area contributed by atoms with Crippen molar-refractivity contribution in [2.45, 2.75) is 19.8 Å². The van der Waals surface area contributed by atoms with Gasteiger partial charge in [0.1, 0.15) is 0 Å². The molecule has 0 aliphatic rings. The van der Waals surface area contributed by atoms with Gasteiger partial charge in [0, 0.05) is 0 Å². The summed E-state index contributed by atoms with van der Waals surface area (Å²) in [7, 11) is 1.28. The quantitative estimate of drug-likeness (QED) is 0.577. The second-order valence-electron chi connectivity index (χ2n) is 3.32. The predicted molar refractivity (Wildman–Crippen MR) is 62.2 cm³/mol. The van der Waals surface area contributed by atoms with Gasteiger partial charge in [-0.2, -0.15) is 0 Å². The zero-order valence-corrected chi connectivity index (χ0v) is 9.60. The van der Waals surface area contributed by atoms with E-state index in [9.17, 15) is 4.79 Å². The molecule has 0 saturated heterocycles. The van der Waals surface area contributed by atoms with Crippen LogP contribution < -0.4 is 0 Å². The van der Waals surface area contributed by atoms with Gasteiger partial charge in [-0.05, 0) is 30.0 Å². The van der Waals surface area contributed by atoms with Gasteiger partial charge in [-0.1, -0.05) is 31.2 Å². The minimum Gasteiger partial charge on any atom is -0.437 e. The van der Waals surface area contributed by atoms with E-state index in [0.29, 0.717) is 0 Å². The first-order valence-electron chi connectivity index (χ1n) is 5.23. The molecule has 1 aromatic rings. The molecule has 0 saturated carbocycles. The van der Waals surface area contributed by atoms with Crippen LogP contribution in [-0.4, -0.2) is 13.3 Å². The molecule has 86 valence electrons. The van der Waals surface area contributed by atoms with Gasteiger partial charge in [0.05, 0.1) is 13.4 Å². The molecular weight excluding hydrogens is 204 g/mol. The molecule has 0 radical (unpaired) electrons. The lowest BCUT2D eigenvalue weighted by Gasteiger charge is -1.99. The monoisotopic (exact) mass is 220 g/mol. The van der Waals surface area contributed by atoms with Crippen LogP contribution >= 0.6 is 0 Å². The molecule has 0 amide bonds. The van der Waals surface area contributed by atoms with Gasteiger partial charge in [-0.15, -0.1) is 0 Å². The molecule has 0 N–H and O–H groups in total. The minimum absolute atomic E-state index is 0.697. The van der Waals surface area contributed by atoms with Crippen molar-refractivity contribution in [2.75, 3.05) is 7.11 Å². The van der Waals surface area contributed by atoms with Crippen LogP contribution in [0.15, 0.2) is 36.6 Å². The zero-order chi connectivity index (χ0) is 11.8. The van der Waals surface area contributed by atoms with E-state index >= 15 is 0 Å². The van der Waals surface area contributed by atoms with Gasteiger partial charge in [0.2, 0.25) is 0 Å². The number of carbonyl (C=O) groups excluding carboxylic acids is 1. The van der Waals surface area contributed by atoms with Gasteiger partial charge in [-0.25, -0.2) is 4.79 Å². The third kappa shape index (κ3) is 4.17. The number of methoxy groups -OCH3 is 1. The smallest absolute Gasteiger partial charge is 0.437 e. The van der Waals surface area contributed by atoms with Crippen LogP contribution in [0.3, 0.4) is 0 Å². The Labute approximate surface area is 95.7 Å². The Balaban J connectivity index is 2.39. The lowest BCUT2D eigenvalue weighted by molar-refractivity contribution is 0.105. The standard InChI is InChI=1S/C13H16O3/c1-3-11-6-8-12(9-7-11)5-4-10-16-13(14)15-2/h4,6-10H,3,5H2,1-2H3. The van der Waals surface area contributed by atoms with Gasteiger partial charge in [0.15, 0.2) is 0 Å². The number of benzene rings is 1. The van der Waals surface area contributed by atoms with E-state index in [-0.39, 0.29) is 0 Å². The lowest BCUT2D eigenvalue weighted by Crippen LogP contribution is -1.98. The molecular formula is C13H16O3. The lowest BCUT2D eigenvalue weighted by atomic mass is 10.1. The number of hydrogen-bond acceptors (Lipinski definition) is 3. The van der Waals surface area contributed by atoms with Crippen LogP contribution in [0.1, 0.15) is 18.1 Å². The summed E-state index contributed by atoms with van der Waals surface area (Å²) in [6.07, 6.45) is 4.21. The highest BCUT2D eigenvalue weighted by atomic mass is 16.7. The summed E-state index contributed by atoms with van der Waals surface area (Å²) in [6.45, 7) is 2.12. The summed E-state index contributed by atoms with van der Waals surface area (Å²) in [5.74, 6) is 0. The van der Waals surface area contributed by atoms with E-state index < -0.39 is 6.16 Å². The molecule has 1 aromatic carbocycles. The van der Waals surface area contributed by atoms with E-state index in [1.54, 1.807) is 6.08 Å². The van der Waals surface area contributed by atoms with Crippen LogP contribution in [-0.2, 0) is 22.3 Å². The second kappa shape index (κ2) is 6.67. The van der Waals surface area contributed by atoms with E-state index in [0.717, 1.165) is 12.8 Å². The third-order valence-corrected chi connectivity index (χ3v) is 2.21. The second-order valence-corrected chi connectivity index (χ2v) is 3.32. The van der Waals surface area contributed by atoms with E-state index in [1.807, 2.05) is 0 Å². The van der Waals surface area contributed by atoms with Crippen molar-refractivity contribution in [1.29, 1.82) is 0 Å². The Kier molecular flexibility index (Phi) is 5.12. The topological polar surface area (TPSA) is 35.5 Å². The molecule has 0 aromatic heterocycles. The van der Waals surface area contributed by atoms with Crippen LogP contribution in [0.2, 0.25) is 0 Å². The molecule has 0 heterocycles. The Morgan fingerprint density at radius 2 is 1.88 bits per heavy atom. The number of rotatable bonds is 4. The summed E-state index contributed by atoms with van der Waals surface area (Å²) < 4.78 is 8.94. The molecule has 3 nitrogen and oxygen atoms in total. The maximum absolute atomic E-state index is 10.6. The van der Waals surface area contributed by atoms with Gasteiger partial charge in [-0.3, -0.25) is 0 Å². The van der Waals surface area contributed by atoms with Crippen molar-refractivity contribution in [2.24, 2.45) is 0 Å². The van der Waals surface area contributed by atoms with Crippen molar-refractivity contribution < 1.29 is 14.3 Å². The summed E-state index contributed by atoms with van der Waals surface area (Å²) >= 11 is 0. The first kappa shape index (κ1) is 12.3. The Morgan fingerprint density at radius 3 is 2.44 bits per heavy atom. The SMILES string of the molecule is CCc1ccc(CC=COC(=O)OC)cc1. The summed E-state index contributed by atoms with van der Waals surface area (Å²) in [6, 6.07) is 8.34. The maximum Gasteiger partial charge on any atom is 0.512 e. The highest BCUT2D eigenvalue weighted by Crippen LogP contribution is 2.06. The zero-order valence-electron chi connectivity index (χ0n) is 9.60. The first-order valence-corrected chi connectivity index (χ1v) is 5.23. The maximum atomic E-state index is 10.6. The van der Waals surface area contributed by atoms with Gasteiger partial charge < -0.3 is 9.47 Å². The molecule has 0 atom stereocenters. The van der Waals surface area contributed by atoms with Crippen molar-refractivity contribution in [3.05, 3.63) is 47.7 Å². The highest BCUT2D eigenvalue weighted by Gasteiger charge is 1.95. The fourth-order valence-corrected chi connectivity index (χ4v) is 1.25. The molecule has 0 unspecified atom stereocenters. The molecule has 0 fully saturated rings. The van der Waals surface area contributed by atoms with E-state index in [1.165, 1.54) is 24.5 Å². The third-order valence-electron chi connectivity index (χ3n) is 2.21. The fourth-order valence-electron chi connectivity index (χ4n) is 1.25. The largest absolute Gasteiger partial charge is 0.512 e. The number of allylic oxidation sites excluding steroid dienone is 1. The highest BCUT2D eigenvalue weighted by molar-refractivity contribution is 5.60. The van der Waals surface area contributed by atoms with Gasteiger partial charge >= 0.3 is 6.16 Å². The molecule has 1 rings (SSSR count). The van der Waals surface area contributed by atoms with Crippen molar-refractivity contribution in [3.63, 3.8) is 0 Å². The average Bonchev–Trinajstić information content (AvgIpc) is 2.35. The van der Waals surface area contributed by atoms with Crippen LogP contribution in [0.25, 0.3) is 0 Å². The van der Waals surface area contributed by atoms with E-state index in [4.69, 9.17) is 0 Å². The van der Waals surface area contributed by atoms with Crippen LogP contribution in [0.5, 0.6) is 0 Å². The predicted octanol–water partition coefficient (Wildman–Crippen LogP) is 3.09. The Bertz CT molecular complexity index is 352. The molecule has 0 spiro atoms. The molecule has 0 bridgehead atoms. The Hall–Kier alpha value is -1.77. The van der Waals surface area contributed by atoms with Crippen LogP contribution in [0, 0.1) is 0 Å². The van der Waals surface area contributed by atoms with Crippen molar-refractivity contribution >= 4 is 6.16 Å². The van der Waals surface area contributed by atoms with Crippen LogP contribution in [0.4, 0.5) is 4.79 Å². The summed E-state index contributed by atoms with van der Waals surface area (Å²) in [5, 5.41) is 0. The fraction of sp³-hybridized carbons (Fsp3) is 0.308. The normalized spacial score (nSPS) is 10.4. The molecule has 16 heavy (non-hydrogen) atoms. The number of ether oxygens (including phenoxy) is 2.